The molecule has 0 radical (unpaired) electrons. The molecular formula is C19H17BrCl2N2O2S. The number of rotatable bonds is 8. The monoisotopic (exact) mass is 486 g/mol. The summed E-state index contributed by atoms with van der Waals surface area (Å²) in [7, 11) is 0. The average molecular weight is 488 g/mol. The molecule has 0 saturated heterocycles. The molecule has 0 aliphatic rings. The third kappa shape index (κ3) is 5.51. The first-order chi connectivity index (χ1) is 13.1. The number of hydrogen-bond donors (Lipinski definition) is 1. The Morgan fingerprint density at radius 1 is 1.11 bits per heavy atom. The summed E-state index contributed by atoms with van der Waals surface area (Å²) in [6, 6.07) is 9.33. The molecule has 3 aromatic rings. The molecule has 3 rings (SSSR count). The maximum atomic E-state index is 6.07. The number of ether oxygens (including phenoxy) is 2. The summed E-state index contributed by atoms with van der Waals surface area (Å²) in [6.45, 7) is 3.48. The molecule has 0 unspecified atom stereocenters. The molecule has 0 amide bonds. The highest BCUT2D eigenvalue weighted by atomic mass is 79.9. The summed E-state index contributed by atoms with van der Waals surface area (Å²) < 4.78 is 12.7. The van der Waals surface area contributed by atoms with Gasteiger partial charge in [-0.25, -0.2) is 4.98 Å². The maximum Gasteiger partial charge on any atom is 0.182 e. The molecule has 0 aliphatic heterocycles. The number of thiazole rings is 1. The molecule has 0 saturated carbocycles. The SMILES string of the molecule is CCOc1cc(CNc2nccs2)c(Br)cc1OCc1ccc(Cl)c(Cl)c1. The number of halogens is 3. The molecule has 0 atom stereocenters. The predicted octanol–water partition coefficient (Wildman–Crippen LogP) is 6.80. The van der Waals surface area contributed by atoms with Crippen molar-refractivity contribution >= 4 is 55.6 Å². The smallest absolute Gasteiger partial charge is 0.182 e. The highest BCUT2D eigenvalue weighted by Crippen LogP contribution is 2.35. The molecule has 1 N–H and O–H groups in total. The number of nitrogens with one attached hydrogen (secondary N) is 1. The Bertz CT molecular complexity index is 907. The van der Waals surface area contributed by atoms with Gasteiger partial charge in [-0.15, -0.1) is 11.3 Å². The van der Waals surface area contributed by atoms with Crippen molar-refractivity contribution in [3.8, 4) is 11.5 Å². The van der Waals surface area contributed by atoms with Crippen LogP contribution in [-0.4, -0.2) is 11.6 Å². The van der Waals surface area contributed by atoms with Crippen molar-refractivity contribution in [3.05, 3.63) is 67.6 Å². The van der Waals surface area contributed by atoms with Crippen LogP contribution in [-0.2, 0) is 13.2 Å². The van der Waals surface area contributed by atoms with Crippen LogP contribution in [0.1, 0.15) is 18.1 Å². The molecule has 1 aromatic heterocycles. The zero-order valence-electron chi connectivity index (χ0n) is 14.5. The summed E-state index contributed by atoms with van der Waals surface area (Å²) in [5, 5.41) is 7.13. The van der Waals surface area contributed by atoms with Crippen LogP contribution in [0.3, 0.4) is 0 Å². The topological polar surface area (TPSA) is 43.4 Å². The van der Waals surface area contributed by atoms with E-state index in [9.17, 15) is 0 Å². The summed E-state index contributed by atoms with van der Waals surface area (Å²) in [4.78, 5) is 4.23. The van der Waals surface area contributed by atoms with Crippen LogP contribution < -0.4 is 14.8 Å². The van der Waals surface area contributed by atoms with Crippen molar-refractivity contribution in [3.63, 3.8) is 0 Å². The van der Waals surface area contributed by atoms with Gasteiger partial charge in [0.25, 0.3) is 0 Å². The van der Waals surface area contributed by atoms with Crippen molar-refractivity contribution in [2.45, 2.75) is 20.1 Å². The van der Waals surface area contributed by atoms with Crippen LogP contribution in [0.4, 0.5) is 5.13 Å². The van der Waals surface area contributed by atoms with Gasteiger partial charge in [0.05, 0.1) is 16.7 Å². The van der Waals surface area contributed by atoms with E-state index in [1.54, 1.807) is 29.7 Å². The van der Waals surface area contributed by atoms with Gasteiger partial charge in [-0.1, -0.05) is 45.2 Å². The minimum absolute atomic E-state index is 0.361. The Balaban J connectivity index is 1.75. The van der Waals surface area contributed by atoms with E-state index in [1.807, 2.05) is 30.5 Å². The van der Waals surface area contributed by atoms with E-state index in [2.05, 4.69) is 26.2 Å². The Kier molecular flexibility index (Phi) is 7.24. The zero-order chi connectivity index (χ0) is 19.2. The standard InChI is InChI=1S/C19H17BrCl2N2O2S/c1-2-25-17-8-13(10-24-19-23-5-6-27-19)14(20)9-18(17)26-11-12-3-4-15(21)16(22)7-12/h3-9H,2,10-11H2,1H3,(H,23,24). The lowest BCUT2D eigenvalue weighted by atomic mass is 10.2. The number of aromatic nitrogens is 1. The molecule has 2 aromatic carbocycles. The Labute approximate surface area is 180 Å². The van der Waals surface area contributed by atoms with Crippen LogP contribution in [0.15, 0.2) is 46.4 Å². The Morgan fingerprint density at radius 3 is 2.63 bits per heavy atom. The van der Waals surface area contributed by atoms with Crippen molar-refractivity contribution in [2.75, 3.05) is 11.9 Å². The molecular weight excluding hydrogens is 471 g/mol. The van der Waals surface area contributed by atoms with Crippen molar-refractivity contribution < 1.29 is 9.47 Å². The lowest BCUT2D eigenvalue weighted by Crippen LogP contribution is -2.04. The van der Waals surface area contributed by atoms with E-state index in [4.69, 9.17) is 32.7 Å². The molecule has 27 heavy (non-hydrogen) atoms. The second-order valence-electron chi connectivity index (χ2n) is 5.55. The van der Waals surface area contributed by atoms with Gasteiger partial charge < -0.3 is 14.8 Å². The predicted molar refractivity (Wildman–Crippen MR) is 116 cm³/mol. The number of benzene rings is 2. The molecule has 1 heterocycles. The fraction of sp³-hybridized carbons (Fsp3) is 0.211. The fourth-order valence-corrected chi connectivity index (χ4v) is 3.68. The highest BCUT2D eigenvalue weighted by Gasteiger charge is 2.12. The first-order valence-corrected chi connectivity index (χ1v) is 10.6. The summed E-state index contributed by atoms with van der Waals surface area (Å²) in [5.41, 5.74) is 1.98. The first-order valence-electron chi connectivity index (χ1n) is 8.22. The molecule has 0 bridgehead atoms. The van der Waals surface area contributed by atoms with E-state index in [0.29, 0.717) is 41.3 Å². The van der Waals surface area contributed by atoms with Gasteiger partial charge in [0.1, 0.15) is 6.61 Å². The van der Waals surface area contributed by atoms with Crippen LogP contribution in [0.5, 0.6) is 11.5 Å². The van der Waals surface area contributed by atoms with Crippen LogP contribution in [0.25, 0.3) is 0 Å². The molecule has 0 aliphatic carbocycles. The molecule has 0 fully saturated rings. The normalized spacial score (nSPS) is 10.7. The fourth-order valence-electron chi connectivity index (χ4n) is 2.37. The minimum atomic E-state index is 0.361. The van der Waals surface area contributed by atoms with E-state index < -0.39 is 0 Å². The first kappa shape index (κ1) is 20.3. The lowest BCUT2D eigenvalue weighted by molar-refractivity contribution is 0.269. The van der Waals surface area contributed by atoms with Gasteiger partial charge in [0, 0.05) is 22.6 Å². The van der Waals surface area contributed by atoms with E-state index in [0.717, 1.165) is 20.7 Å². The summed E-state index contributed by atoms with van der Waals surface area (Å²) in [5.74, 6) is 1.35. The molecule has 8 heteroatoms. The van der Waals surface area contributed by atoms with Gasteiger partial charge in [-0.3, -0.25) is 0 Å². The van der Waals surface area contributed by atoms with Crippen LogP contribution in [0.2, 0.25) is 10.0 Å². The van der Waals surface area contributed by atoms with Gasteiger partial charge in [0.2, 0.25) is 0 Å². The minimum Gasteiger partial charge on any atom is -0.490 e. The van der Waals surface area contributed by atoms with Crippen molar-refractivity contribution in [2.24, 2.45) is 0 Å². The lowest BCUT2D eigenvalue weighted by Gasteiger charge is -2.15. The van der Waals surface area contributed by atoms with Gasteiger partial charge in [-0.05, 0) is 42.3 Å². The molecule has 142 valence electrons. The third-order valence-corrected chi connectivity index (χ3v) is 5.86. The summed E-state index contributed by atoms with van der Waals surface area (Å²) in [6.07, 6.45) is 1.77. The molecule has 4 nitrogen and oxygen atoms in total. The average Bonchev–Trinajstić information content (AvgIpc) is 3.17. The molecule has 0 spiro atoms. The Morgan fingerprint density at radius 2 is 1.93 bits per heavy atom. The van der Waals surface area contributed by atoms with Crippen molar-refractivity contribution in [1.29, 1.82) is 0 Å². The zero-order valence-corrected chi connectivity index (χ0v) is 18.4. The van der Waals surface area contributed by atoms with Gasteiger partial charge in [0.15, 0.2) is 16.6 Å². The third-order valence-electron chi connectivity index (χ3n) is 3.65. The second-order valence-corrected chi connectivity index (χ2v) is 8.11. The van der Waals surface area contributed by atoms with Crippen molar-refractivity contribution in [1.82, 2.24) is 4.98 Å². The maximum absolute atomic E-state index is 6.07. The number of nitrogens with zero attached hydrogens (tertiary/aromatic N) is 1. The summed E-state index contributed by atoms with van der Waals surface area (Å²) >= 11 is 17.2. The van der Waals surface area contributed by atoms with E-state index in [1.165, 1.54) is 0 Å². The van der Waals surface area contributed by atoms with E-state index >= 15 is 0 Å². The number of hydrogen-bond acceptors (Lipinski definition) is 5. The van der Waals surface area contributed by atoms with Crippen LogP contribution in [0, 0.1) is 0 Å². The Hall–Kier alpha value is -1.47. The number of anilines is 1. The van der Waals surface area contributed by atoms with Gasteiger partial charge in [-0.2, -0.15) is 0 Å². The van der Waals surface area contributed by atoms with E-state index in [-0.39, 0.29) is 0 Å². The van der Waals surface area contributed by atoms with Crippen LogP contribution >= 0.6 is 50.5 Å². The largest absolute Gasteiger partial charge is 0.490 e. The quantitative estimate of drug-likeness (QED) is 0.379. The highest BCUT2D eigenvalue weighted by molar-refractivity contribution is 9.10. The second kappa shape index (κ2) is 9.64. The van der Waals surface area contributed by atoms with Gasteiger partial charge >= 0.3 is 0 Å².